The van der Waals surface area contributed by atoms with Crippen LogP contribution in [0.3, 0.4) is 0 Å². The predicted molar refractivity (Wildman–Crippen MR) is 67.2 cm³/mol. The molecule has 1 N–H and O–H groups in total. The summed E-state index contributed by atoms with van der Waals surface area (Å²) in [6, 6.07) is 6.57. The van der Waals surface area contributed by atoms with E-state index in [1.165, 1.54) is 6.07 Å². The molecule has 0 amide bonds. The van der Waals surface area contributed by atoms with Crippen molar-refractivity contribution < 1.29 is 8.81 Å². The molecular weight excluding hydrogens is 257 g/mol. The molecule has 1 aromatic carbocycles. The topological polar surface area (TPSA) is 51.0 Å². The molecule has 0 aliphatic rings. The number of hydrogen-bond donors (Lipinski definition) is 1. The van der Waals surface area contributed by atoms with Crippen molar-refractivity contribution in [2.75, 3.05) is 11.2 Å². The highest BCUT2D eigenvalue weighted by atomic mass is 35.5. The lowest BCUT2D eigenvalue weighted by molar-refractivity contribution is 0.506. The van der Waals surface area contributed by atoms with E-state index in [-0.39, 0.29) is 17.9 Å². The van der Waals surface area contributed by atoms with Gasteiger partial charge in [-0.1, -0.05) is 23.3 Å². The Labute approximate surface area is 109 Å². The van der Waals surface area contributed by atoms with Gasteiger partial charge >= 0.3 is 6.01 Å². The monoisotopic (exact) mass is 269 g/mol. The summed E-state index contributed by atoms with van der Waals surface area (Å²) >= 11 is 5.57. The smallest absolute Gasteiger partial charge is 0.315 e. The summed E-state index contributed by atoms with van der Waals surface area (Å²) in [6.07, 6.45) is 0.518. The minimum atomic E-state index is -0.266. The van der Waals surface area contributed by atoms with E-state index in [0.717, 1.165) is 0 Å². The summed E-state index contributed by atoms with van der Waals surface area (Å²) in [6.45, 7) is 1.82. The van der Waals surface area contributed by atoms with Crippen molar-refractivity contribution in [2.45, 2.75) is 19.4 Å². The van der Waals surface area contributed by atoms with Gasteiger partial charge in [0.2, 0.25) is 5.89 Å². The van der Waals surface area contributed by atoms with Crippen molar-refractivity contribution in [1.82, 2.24) is 10.2 Å². The molecule has 0 aliphatic carbocycles. The average molecular weight is 270 g/mol. The predicted octanol–water partition coefficient (Wildman–Crippen LogP) is 3.16. The molecular formula is C12H13ClFN3O. The van der Waals surface area contributed by atoms with Crippen LogP contribution < -0.4 is 5.32 Å². The summed E-state index contributed by atoms with van der Waals surface area (Å²) < 4.78 is 18.9. The number of anilines is 1. The molecule has 0 spiro atoms. The molecule has 0 fully saturated rings. The van der Waals surface area contributed by atoms with Crippen LogP contribution >= 0.6 is 11.6 Å². The van der Waals surface area contributed by atoms with Crippen LogP contribution in [0, 0.1) is 5.82 Å². The minimum absolute atomic E-state index is 0.254. The maximum absolute atomic E-state index is 13.5. The Morgan fingerprint density at radius 1 is 1.39 bits per heavy atom. The first-order valence-corrected chi connectivity index (χ1v) is 6.13. The van der Waals surface area contributed by atoms with Gasteiger partial charge in [-0.3, -0.25) is 0 Å². The number of nitrogens with zero attached hydrogens (tertiary/aromatic N) is 2. The fourth-order valence-corrected chi connectivity index (χ4v) is 1.74. The van der Waals surface area contributed by atoms with Gasteiger partial charge in [-0.2, -0.15) is 0 Å². The van der Waals surface area contributed by atoms with Crippen LogP contribution in [0.15, 0.2) is 28.7 Å². The molecule has 18 heavy (non-hydrogen) atoms. The van der Waals surface area contributed by atoms with Gasteiger partial charge in [0.1, 0.15) is 5.82 Å². The highest BCUT2D eigenvalue weighted by molar-refractivity contribution is 6.17. The van der Waals surface area contributed by atoms with E-state index in [1.54, 1.807) is 18.2 Å². The van der Waals surface area contributed by atoms with Gasteiger partial charge in [0.25, 0.3) is 0 Å². The van der Waals surface area contributed by atoms with Crippen LogP contribution in [0.2, 0.25) is 0 Å². The summed E-state index contributed by atoms with van der Waals surface area (Å²) in [4.78, 5) is 0. The van der Waals surface area contributed by atoms with Crippen molar-refractivity contribution in [2.24, 2.45) is 0 Å². The van der Waals surface area contributed by atoms with Gasteiger partial charge < -0.3 is 9.73 Å². The van der Waals surface area contributed by atoms with Crippen LogP contribution in [0.25, 0.3) is 0 Å². The number of halogens is 2. The van der Waals surface area contributed by atoms with Gasteiger partial charge in [0.05, 0.1) is 6.04 Å². The zero-order chi connectivity index (χ0) is 13.0. The number of hydrogen-bond acceptors (Lipinski definition) is 4. The Hall–Kier alpha value is -1.62. The largest absolute Gasteiger partial charge is 0.408 e. The highest BCUT2D eigenvalue weighted by Crippen LogP contribution is 2.20. The Kier molecular flexibility index (Phi) is 4.15. The number of aryl methyl sites for hydroxylation is 1. The van der Waals surface area contributed by atoms with E-state index in [9.17, 15) is 4.39 Å². The first-order valence-electron chi connectivity index (χ1n) is 5.60. The molecule has 0 saturated heterocycles. The normalized spacial score (nSPS) is 12.4. The molecule has 0 saturated carbocycles. The molecule has 4 nitrogen and oxygen atoms in total. The molecule has 0 radical (unpaired) electrons. The molecule has 96 valence electrons. The summed E-state index contributed by atoms with van der Waals surface area (Å²) in [5.74, 6) is 0.621. The van der Waals surface area contributed by atoms with Crippen LogP contribution in [0.4, 0.5) is 10.4 Å². The fraction of sp³-hybridized carbons (Fsp3) is 0.333. The van der Waals surface area contributed by atoms with Gasteiger partial charge in [-0.15, -0.1) is 16.7 Å². The van der Waals surface area contributed by atoms with Crippen molar-refractivity contribution in [3.8, 4) is 0 Å². The summed E-state index contributed by atoms with van der Waals surface area (Å²) in [7, 11) is 0. The number of nitrogens with one attached hydrogen (secondary N) is 1. The van der Waals surface area contributed by atoms with Crippen molar-refractivity contribution in [3.63, 3.8) is 0 Å². The van der Waals surface area contributed by atoms with Crippen LogP contribution in [0.5, 0.6) is 0 Å². The minimum Gasteiger partial charge on any atom is -0.408 e. The second-order valence-corrected chi connectivity index (χ2v) is 4.21. The van der Waals surface area contributed by atoms with Crippen LogP contribution in [-0.4, -0.2) is 16.1 Å². The number of rotatable bonds is 5. The van der Waals surface area contributed by atoms with E-state index in [4.69, 9.17) is 16.0 Å². The van der Waals surface area contributed by atoms with Crippen LogP contribution in [0.1, 0.15) is 24.4 Å². The second kappa shape index (κ2) is 5.82. The third kappa shape index (κ3) is 2.98. The SMILES string of the molecule is CC(Nc1nnc(CCCl)o1)c1ccccc1F. The Morgan fingerprint density at radius 2 is 2.17 bits per heavy atom. The van der Waals surface area contributed by atoms with Crippen molar-refractivity contribution in [3.05, 3.63) is 41.5 Å². The standard InChI is InChI=1S/C12H13ClFN3O/c1-8(9-4-2-3-5-10(9)14)15-12-17-16-11(18-12)6-7-13/h2-5,8H,6-7H2,1H3,(H,15,17). The quantitative estimate of drug-likeness (QED) is 0.847. The Morgan fingerprint density at radius 3 is 2.89 bits per heavy atom. The molecule has 1 heterocycles. The molecule has 6 heteroatoms. The molecule has 0 bridgehead atoms. The lowest BCUT2D eigenvalue weighted by Crippen LogP contribution is -2.08. The maximum Gasteiger partial charge on any atom is 0.315 e. The highest BCUT2D eigenvalue weighted by Gasteiger charge is 2.13. The van der Waals surface area contributed by atoms with Gasteiger partial charge in [-0.25, -0.2) is 4.39 Å². The van der Waals surface area contributed by atoms with E-state index in [2.05, 4.69) is 15.5 Å². The van der Waals surface area contributed by atoms with E-state index < -0.39 is 0 Å². The lowest BCUT2D eigenvalue weighted by atomic mass is 10.1. The first-order chi connectivity index (χ1) is 8.70. The number of benzene rings is 1. The average Bonchev–Trinajstić information content (AvgIpc) is 2.77. The molecule has 0 aliphatic heterocycles. The fourth-order valence-electron chi connectivity index (χ4n) is 1.58. The lowest BCUT2D eigenvalue weighted by Gasteiger charge is -2.12. The van der Waals surface area contributed by atoms with Crippen LogP contribution in [-0.2, 0) is 6.42 Å². The van der Waals surface area contributed by atoms with E-state index in [0.29, 0.717) is 23.8 Å². The molecule has 1 atom stereocenters. The van der Waals surface area contributed by atoms with Gasteiger partial charge in [-0.05, 0) is 13.0 Å². The molecule has 1 aromatic heterocycles. The third-order valence-corrected chi connectivity index (χ3v) is 2.68. The summed E-state index contributed by atoms with van der Waals surface area (Å²) in [5, 5.41) is 10.6. The first kappa shape index (κ1) is 12.8. The Bertz CT molecular complexity index is 518. The molecule has 2 rings (SSSR count). The Balaban J connectivity index is 2.06. The van der Waals surface area contributed by atoms with Gasteiger partial charge in [0, 0.05) is 17.9 Å². The van der Waals surface area contributed by atoms with Gasteiger partial charge in [0.15, 0.2) is 0 Å². The van der Waals surface area contributed by atoms with E-state index >= 15 is 0 Å². The third-order valence-electron chi connectivity index (χ3n) is 2.49. The van der Waals surface area contributed by atoms with Crippen molar-refractivity contribution >= 4 is 17.6 Å². The van der Waals surface area contributed by atoms with E-state index in [1.807, 2.05) is 6.92 Å². The second-order valence-electron chi connectivity index (χ2n) is 3.83. The zero-order valence-corrected chi connectivity index (χ0v) is 10.6. The number of alkyl halides is 1. The number of aromatic nitrogens is 2. The zero-order valence-electron chi connectivity index (χ0n) is 9.86. The summed E-state index contributed by atoms with van der Waals surface area (Å²) in [5.41, 5.74) is 0.551. The van der Waals surface area contributed by atoms with Crippen molar-refractivity contribution in [1.29, 1.82) is 0 Å². The molecule has 1 unspecified atom stereocenters. The molecule has 2 aromatic rings. The maximum atomic E-state index is 13.5.